The van der Waals surface area contributed by atoms with E-state index in [-0.39, 0.29) is 11.6 Å². The number of hydrogen-bond acceptors (Lipinski definition) is 4. The molecule has 1 heterocycles. The standard InChI is InChI=1S/C19H19N3O4/c1-19(15-9-11-16(12-10-15)22(25)26)17(23)21(18(24)20-19)13-5-8-14-6-3-2-4-7-14/h2-4,6-7,9-12H,5,8,13H2,1H3,(H,20,24)/t19-/m1/s1. The molecule has 0 saturated carbocycles. The van der Waals surface area contributed by atoms with E-state index in [0.29, 0.717) is 18.5 Å². The lowest BCUT2D eigenvalue weighted by molar-refractivity contribution is -0.384. The van der Waals surface area contributed by atoms with Crippen molar-refractivity contribution in [2.45, 2.75) is 25.3 Å². The van der Waals surface area contributed by atoms with Gasteiger partial charge in [-0.05, 0) is 43.0 Å². The van der Waals surface area contributed by atoms with Gasteiger partial charge in [-0.15, -0.1) is 0 Å². The molecule has 0 aromatic heterocycles. The second-order valence-corrected chi connectivity index (χ2v) is 6.41. The van der Waals surface area contributed by atoms with E-state index in [0.717, 1.165) is 12.0 Å². The highest BCUT2D eigenvalue weighted by atomic mass is 16.6. The third kappa shape index (κ3) is 3.28. The molecule has 0 unspecified atom stereocenters. The molecule has 0 spiro atoms. The van der Waals surface area contributed by atoms with E-state index in [1.165, 1.54) is 29.2 Å². The Morgan fingerprint density at radius 3 is 2.35 bits per heavy atom. The van der Waals surface area contributed by atoms with Gasteiger partial charge >= 0.3 is 6.03 Å². The number of nitrogens with zero attached hydrogens (tertiary/aromatic N) is 2. The number of amides is 3. The molecule has 1 fully saturated rings. The van der Waals surface area contributed by atoms with Gasteiger partial charge in [0.05, 0.1) is 4.92 Å². The van der Waals surface area contributed by atoms with Gasteiger partial charge < -0.3 is 5.32 Å². The smallest absolute Gasteiger partial charge is 0.319 e. The molecule has 3 rings (SSSR count). The van der Waals surface area contributed by atoms with Crippen LogP contribution in [0, 0.1) is 10.1 Å². The Morgan fingerprint density at radius 2 is 1.73 bits per heavy atom. The van der Waals surface area contributed by atoms with Gasteiger partial charge in [0.1, 0.15) is 5.54 Å². The van der Waals surface area contributed by atoms with Crippen molar-refractivity contribution in [2.24, 2.45) is 0 Å². The topological polar surface area (TPSA) is 92.6 Å². The van der Waals surface area contributed by atoms with E-state index >= 15 is 0 Å². The van der Waals surface area contributed by atoms with Crippen LogP contribution in [0.5, 0.6) is 0 Å². The molecule has 134 valence electrons. The van der Waals surface area contributed by atoms with Gasteiger partial charge in [-0.25, -0.2) is 4.79 Å². The predicted molar refractivity (Wildman–Crippen MR) is 95.5 cm³/mol. The number of rotatable bonds is 6. The van der Waals surface area contributed by atoms with Crippen LogP contribution < -0.4 is 5.32 Å². The summed E-state index contributed by atoms with van der Waals surface area (Å²) in [6.45, 7) is 1.94. The SMILES string of the molecule is C[C@]1(c2ccc([N+](=O)[O-])cc2)NC(=O)N(CCCc2ccccc2)C1=O. The first-order valence-electron chi connectivity index (χ1n) is 8.35. The minimum atomic E-state index is -1.21. The van der Waals surface area contributed by atoms with E-state index in [4.69, 9.17) is 0 Å². The number of aryl methyl sites for hydroxylation is 1. The van der Waals surface area contributed by atoms with Crippen molar-refractivity contribution in [3.63, 3.8) is 0 Å². The molecule has 7 heteroatoms. The number of nitro groups is 1. The average molecular weight is 353 g/mol. The molecule has 7 nitrogen and oxygen atoms in total. The summed E-state index contributed by atoms with van der Waals surface area (Å²) in [6, 6.07) is 15.1. The van der Waals surface area contributed by atoms with Crippen LogP contribution >= 0.6 is 0 Å². The molecule has 0 aliphatic carbocycles. The van der Waals surface area contributed by atoms with Gasteiger partial charge in [-0.3, -0.25) is 19.8 Å². The van der Waals surface area contributed by atoms with Gasteiger partial charge in [0, 0.05) is 18.7 Å². The van der Waals surface area contributed by atoms with Gasteiger partial charge in [-0.1, -0.05) is 30.3 Å². The minimum absolute atomic E-state index is 0.0613. The van der Waals surface area contributed by atoms with E-state index in [2.05, 4.69) is 5.32 Å². The number of carbonyl (C=O) groups is 2. The van der Waals surface area contributed by atoms with Gasteiger partial charge in [-0.2, -0.15) is 0 Å². The first kappa shape index (κ1) is 17.6. The molecule has 0 bridgehead atoms. The molecule has 26 heavy (non-hydrogen) atoms. The molecule has 1 atom stereocenters. The Kier molecular flexibility index (Phi) is 4.71. The van der Waals surface area contributed by atoms with Gasteiger partial charge in [0.2, 0.25) is 0 Å². The van der Waals surface area contributed by atoms with Crippen molar-refractivity contribution in [3.05, 3.63) is 75.8 Å². The summed E-state index contributed by atoms with van der Waals surface area (Å²) >= 11 is 0. The Labute approximate surface area is 150 Å². The third-order valence-corrected chi connectivity index (χ3v) is 4.62. The lowest BCUT2D eigenvalue weighted by atomic mass is 9.92. The summed E-state index contributed by atoms with van der Waals surface area (Å²) in [4.78, 5) is 36.6. The van der Waals surface area contributed by atoms with Crippen LogP contribution in [-0.2, 0) is 16.8 Å². The molecule has 1 aliphatic rings. The zero-order chi connectivity index (χ0) is 18.7. The van der Waals surface area contributed by atoms with Crippen molar-refractivity contribution >= 4 is 17.6 Å². The number of benzene rings is 2. The van der Waals surface area contributed by atoms with Crippen LogP contribution in [0.25, 0.3) is 0 Å². The molecule has 1 N–H and O–H groups in total. The zero-order valence-corrected chi connectivity index (χ0v) is 14.3. The second-order valence-electron chi connectivity index (χ2n) is 6.41. The van der Waals surface area contributed by atoms with Crippen molar-refractivity contribution in [2.75, 3.05) is 6.54 Å². The van der Waals surface area contributed by atoms with Crippen molar-refractivity contribution < 1.29 is 14.5 Å². The van der Waals surface area contributed by atoms with Crippen LogP contribution in [0.15, 0.2) is 54.6 Å². The summed E-state index contributed by atoms with van der Waals surface area (Å²) in [6.07, 6.45) is 1.44. The Bertz CT molecular complexity index is 836. The summed E-state index contributed by atoms with van der Waals surface area (Å²) in [5.41, 5.74) is 0.400. The Hall–Kier alpha value is -3.22. The summed E-state index contributed by atoms with van der Waals surface area (Å²) in [5, 5.41) is 13.5. The zero-order valence-electron chi connectivity index (χ0n) is 14.3. The van der Waals surface area contributed by atoms with E-state index < -0.39 is 16.5 Å². The molecular weight excluding hydrogens is 334 g/mol. The van der Waals surface area contributed by atoms with Crippen molar-refractivity contribution in [3.8, 4) is 0 Å². The fraction of sp³-hybridized carbons (Fsp3) is 0.263. The number of nitro benzene ring substituents is 1. The maximum atomic E-state index is 12.8. The highest BCUT2D eigenvalue weighted by Gasteiger charge is 2.48. The number of imide groups is 1. The summed E-state index contributed by atoms with van der Waals surface area (Å²) in [5.74, 6) is -0.343. The number of carbonyl (C=O) groups excluding carboxylic acids is 2. The Balaban J connectivity index is 1.70. The molecule has 3 amide bonds. The van der Waals surface area contributed by atoms with Gasteiger partial charge in [0.15, 0.2) is 0 Å². The summed E-state index contributed by atoms with van der Waals surface area (Å²) < 4.78 is 0. The van der Waals surface area contributed by atoms with E-state index in [1.54, 1.807) is 6.92 Å². The molecule has 1 saturated heterocycles. The van der Waals surface area contributed by atoms with Crippen LogP contribution in [-0.4, -0.2) is 28.3 Å². The summed E-state index contributed by atoms with van der Waals surface area (Å²) in [7, 11) is 0. The number of non-ortho nitro benzene ring substituents is 1. The third-order valence-electron chi connectivity index (χ3n) is 4.62. The highest BCUT2D eigenvalue weighted by molar-refractivity contribution is 6.07. The first-order chi connectivity index (χ1) is 12.4. The van der Waals surface area contributed by atoms with Crippen LogP contribution in [0.4, 0.5) is 10.5 Å². The van der Waals surface area contributed by atoms with Crippen LogP contribution in [0.2, 0.25) is 0 Å². The Morgan fingerprint density at radius 1 is 1.08 bits per heavy atom. The average Bonchev–Trinajstić information content (AvgIpc) is 2.86. The highest BCUT2D eigenvalue weighted by Crippen LogP contribution is 2.30. The van der Waals surface area contributed by atoms with Crippen molar-refractivity contribution in [1.82, 2.24) is 10.2 Å². The first-order valence-corrected chi connectivity index (χ1v) is 8.35. The maximum Gasteiger partial charge on any atom is 0.325 e. The minimum Gasteiger partial charge on any atom is -0.319 e. The second kappa shape index (κ2) is 6.95. The molecule has 2 aromatic carbocycles. The fourth-order valence-corrected chi connectivity index (χ4v) is 3.10. The quantitative estimate of drug-likeness (QED) is 0.491. The van der Waals surface area contributed by atoms with Crippen LogP contribution in [0.1, 0.15) is 24.5 Å². The van der Waals surface area contributed by atoms with Crippen molar-refractivity contribution in [1.29, 1.82) is 0 Å². The molecular formula is C19H19N3O4. The number of hydrogen-bond donors (Lipinski definition) is 1. The normalized spacial score (nSPS) is 19.5. The fourth-order valence-electron chi connectivity index (χ4n) is 3.10. The van der Waals surface area contributed by atoms with E-state index in [9.17, 15) is 19.7 Å². The lowest BCUT2D eigenvalue weighted by Crippen LogP contribution is -2.41. The number of urea groups is 1. The molecule has 2 aromatic rings. The molecule has 1 aliphatic heterocycles. The monoisotopic (exact) mass is 353 g/mol. The maximum absolute atomic E-state index is 12.8. The van der Waals surface area contributed by atoms with Gasteiger partial charge in [0.25, 0.3) is 11.6 Å². The van der Waals surface area contributed by atoms with E-state index in [1.807, 2.05) is 30.3 Å². The largest absolute Gasteiger partial charge is 0.325 e. The number of nitrogens with one attached hydrogen (secondary N) is 1. The lowest BCUT2D eigenvalue weighted by Gasteiger charge is -2.22. The molecule has 0 radical (unpaired) electrons. The van der Waals surface area contributed by atoms with Crippen LogP contribution in [0.3, 0.4) is 0 Å². The predicted octanol–water partition coefficient (Wildman–Crippen LogP) is 2.99.